The van der Waals surface area contributed by atoms with Crippen LogP contribution in [0.2, 0.25) is 10.0 Å². The van der Waals surface area contributed by atoms with Crippen LogP contribution in [-0.4, -0.2) is 32.7 Å². The predicted molar refractivity (Wildman–Crippen MR) is 121 cm³/mol. The maximum absolute atomic E-state index is 13.5. The van der Waals surface area contributed by atoms with Crippen LogP contribution in [0.15, 0.2) is 42.5 Å². The molecule has 33 heavy (non-hydrogen) atoms. The Morgan fingerprint density at radius 2 is 1.70 bits per heavy atom. The van der Waals surface area contributed by atoms with Crippen LogP contribution in [0.4, 0.5) is 5.69 Å². The molecule has 3 atom stereocenters. The van der Waals surface area contributed by atoms with Crippen molar-refractivity contribution < 1.29 is 19.3 Å². The van der Waals surface area contributed by atoms with Crippen LogP contribution in [0.5, 0.6) is 0 Å². The average Bonchev–Trinajstić information content (AvgIpc) is 3.02. The normalized spacial score (nSPS) is 22.3. The molecule has 2 aromatic rings. The number of amides is 3. The molecule has 1 aliphatic heterocycles. The lowest BCUT2D eigenvalue weighted by atomic mass is 9.76. The fraction of sp³-hybridized carbons (Fsp3) is 0.348. The minimum Gasteiger partial charge on any atom is -0.272 e. The van der Waals surface area contributed by atoms with Crippen LogP contribution in [0.1, 0.15) is 42.1 Å². The van der Waals surface area contributed by atoms with Gasteiger partial charge in [0.05, 0.1) is 28.9 Å². The number of hydrogen-bond donors (Lipinski definition) is 0. The summed E-state index contributed by atoms with van der Waals surface area (Å²) in [6.07, 6.45) is 1.95. The van der Waals surface area contributed by atoms with Gasteiger partial charge in [0, 0.05) is 21.7 Å². The summed E-state index contributed by atoms with van der Waals surface area (Å²) in [5, 5.41) is 14.1. The highest BCUT2D eigenvalue weighted by molar-refractivity contribution is 6.31. The third-order valence-electron chi connectivity index (χ3n) is 6.30. The summed E-state index contributed by atoms with van der Waals surface area (Å²) in [5.74, 6) is -2.23. The zero-order valence-electron chi connectivity index (χ0n) is 17.7. The van der Waals surface area contributed by atoms with Gasteiger partial charge >= 0.3 is 0 Å². The van der Waals surface area contributed by atoms with Crippen molar-refractivity contribution in [1.29, 1.82) is 0 Å². The second-order valence-corrected chi connectivity index (χ2v) is 9.39. The van der Waals surface area contributed by atoms with Gasteiger partial charge < -0.3 is 0 Å². The molecule has 10 heteroatoms. The summed E-state index contributed by atoms with van der Waals surface area (Å²) >= 11 is 11.9. The van der Waals surface area contributed by atoms with Gasteiger partial charge in [-0.1, -0.05) is 30.1 Å². The van der Waals surface area contributed by atoms with Gasteiger partial charge in [-0.15, -0.1) is 0 Å². The lowest BCUT2D eigenvalue weighted by molar-refractivity contribution is -0.385. The van der Waals surface area contributed by atoms with E-state index in [-0.39, 0.29) is 28.4 Å². The Hall–Kier alpha value is -2.97. The van der Waals surface area contributed by atoms with E-state index in [0.29, 0.717) is 23.8 Å². The number of carbonyl (C=O) groups excluding carboxylic acids is 3. The number of rotatable bonds is 5. The molecule has 1 heterocycles. The molecule has 1 saturated heterocycles. The highest BCUT2D eigenvalue weighted by atomic mass is 35.5. The van der Waals surface area contributed by atoms with E-state index < -0.39 is 34.5 Å². The Bertz CT molecular complexity index is 1140. The van der Waals surface area contributed by atoms with Gasteiger partial charge in [-0.25, -0.2) is 5.01 Å². The topological polar surface area (TPSA) is 101 Å². The Labute approximate surface area is 200 Å². The fourth-order valence-corrected chi connectivity index (χ4v) is 4.88. The first kappa shape index (κ1) is 23.2. The number of hydrogen-bond acceptors (Lipinski definition) is 5. The maximum Gasteiger partial charge on any atom is 0.275 e. The highest BCUT2D eigenvalue weighted by Crippen LogP contribution is 2.41. The van der Waals surface area contributed by atoms with Crippen molar-refractivity contribution in [3.8, 4) is 0 Å². The molecule has 2 aromatic carbocycles. The number of carbonyl (C=O) groups is 3. The van der Waals surface area contributed by atoms with Crippen molar-refractivity contribution in [2.75, 3.05) is 0 Å². The number of imide groups is 1. The summed E-state index contributed by atoms with van der Waals surface area (Å²) in [7, 11) is 0. The third-order valence-corrected chi connectivity index (χ3v) is 6.78. The standard InChI is InChI=1S/C23H21Cl2N3O5/c1-13-2-9-18-19(10-13)23(31)27(22(18)30)26(21(29)14-3-6-16(24)7-4-14)12-15-5-8-17(25)11-20(15)28(32)33/h3-8,11,13,18-19H,2,9-10,12H2,1H3/t13-,18-,19+/m1/s1. The molecular weight excluding hydrogens is 469 g/mol. The van der Waals surface area contributed by atoms with E-state index in [1.165, 1.54) is 42.5 Å². The number of fused-ring (bicyclic) bond motifs is 1. The third kappa shape index (κ3) is 4.45. The van der Waals surface area contributed by atoms with Crippen LogP contribution in [0, 0.1) is 27.9 Å². The maximum atomic E-state index is 13.5. The Morgan fingerprint density at radius 1 is 1.06 bits per heavy atom. The molecule has 0 N–H and O–H groups in total. The Morgan fingerprint density at radius 3 is 2.36 bits per heavy atom. The van der Waals surface area contributed by atoms with Crippen LogP contribution in [0.3, 0.4) is 0 Å². The molecule has 0 spiro atoms. The molecule has 0 bridgehead atoms. The number of nitro groups is 1. The van der Waals surface area contributed by atoms with Crippen molar-refractivity contribution in [2.45, 2.75) is 32.7 Å². The number of benzene rings is 2. The van der Waals surface area contributed by atoms with Crippen molar-refractivity contribution >= 4 is 46.6 Å². The van der Waals surface area contributed by atoms with E-state index in [2.05, 4.69) is 0 Å². The zero-order valence-corrected chi connectivity index (χ0v) is 19.3. The molecule has 1 saturated carbocycles. The van der Waals surface area contributed by atoms with Gasteiger partial charge in [0.2, 0.25) is 0 Å². The largest absolute Gasteiger partial charge is 0.275 e. The van der Waals surface area contributed by atoms with E-state index in [9.17, 15) is 24.5 Å². The number of halogens is 2. The van der Waals surface area contributed by atoms with Gasteiger partial charge in [-0.05, 0) is 61.6 Å². The Balaban J connectivity index is 1.76. The summed E-state index contributed by atoms with van der Waals surface area (Å²) in [5.41, 5.74) is 0.0388. The smallest absolute Gasteiger partial charge is 0.272 e. The summed E-state index contributed by atoms with van der Waals surface area (Å²) in [6, 6.07) is 10.1. The second-order valence-electron chi connectivity index (χ2n) is 8.52. The Kier molecular flexibility index (Phi) is 6.41. The van der Waals surface area contributed by atoms with Crippen LogP contribution in [-0.2, 0) is 16.1 Å². The molecule has 8 nitrogen and oxygen atoms in total. The zero-order chi connectivity index (χ0) is 23.9. The van der Waals surface area contributed by atoms with E-state index in [1.807, 2.05) is 6.92 Å². The van der Waals surface area contributed by atoms with E-state index in [1.54, 1.807) is 0 Å². The molecule has 0 radical (unpaired) electrons. The minimum atomic E-state index is -0.635. The SMILES string of the molecule is C[C@@H]1CC[C@H]2C(=O)N(N(Cc3ccc(Cl)cc3[N+](=O)[O-])C(=O)c3ccc(Cl)cc3)C(=O)[C@H]2C1. The van der Waals surface area contributed by atoms with Gasteiger partial charge in [0.25, 0.3) is 23.4 Å². The van der Waals surface area contributed by atoms with Crippen molar-refractivity contribution in [3.63, 3.8) is 0 Å². The average molecular weight is 490 g/mol. The monoisotopic (exact) mass is 489 g/mol. The molecule has 172 valence electrons. The summed E-state index contributed by atoms with van der Waals surface area (Å²) in [4.78, 5) is 51.1. The summed E-state index contributed by atoms with van der Waals surface area (Å²) < 4.78 is 0. The van der Waals surface area contributed by atoms with Crippen LogP contribution >= 0.6 is 23.2 Å². The lowest BCUT2D eigenvalue weighted by Crippen LogP contribution is -2.49. The molecule has 0 aromatic heterocycles. The molecule has 0 unspecified atom stereocenters. The number of nitrogens with zero attached hydrogens (tertiary/aromatic N) is 3. The first-order valence-corrected chi connectivity index (χ1v) is 11.3. The van der Waals surface area contributed by atoms with E-state index in [0.717, 1.165) is 16.4 Å². The minimum absolute atomic E-state index is 0.149. The van der Waals surface area contributed by atoms with Crippen molar-refractivity contribution in [2.24, 2.45) is 17.8 Å². The number of hydrazine groups is 1. The number of nitro benzene ring substituents is 1. The fourth-order valence-electron chi connectivity index (χ4n) is 4.59. The van der Waals surface area contributed by atoms with Crippen molar-refractivity contribution in [3.05, 3.63) is 73.8 Å². The van der Waals surface area contributed by atoms with Crippen LogP contribution in [0.25, 0.3) is 0 Å². The molecule has 2 aliphatic rings. The molecular formula is C23H21Cl2N3O5. The lowest BCUT2D eigenvalue weighted by Gasteiger charge is -2.30. The highest BCUT2D eigenvalue weighted by Gasteiger charge is 2.52. The first-order chi connectivity index (χ1) is 15.7. The van der Waals surface area contributed by atoms with E-state index >= 15 is 0 Å². The summed E-state index contributed by atoms with van der Waals surface area (Å²) in [6.45, 7) is 1.69. The predicted octanol–water partition coefficient (Wildman–Crippen LogP) is 4.88. The van der Waals surface area contributed by atoms with Crippen molar-refractivity contribution in [1.82, 2.24) is 10.0 Å². The van der Waals surface area contributed by atoms with Crippen LogP contribution < -0.4 is 0 Å². The second kappa shape index (κ2) is 9.11. The first-order valence-electron chi connectivity index (χ1n) is 10.6. The van der Waals surface area contributed by atoms with Gasteiger partial charge in [-0.3, -0.25) is 24.5 Å². The molecule has 4 rings (SSSR count). The van der Waals surface area contributed by atoms with Gasteiger partial charge in [0.1, 0.15) is 0 Å². The molecule has 1 aliphatic carbocycles. The van der Waals surface area contributed by atoms with Gasteiger partial charge in [0.15, 0.2) is 0 Å². The van der Waals surface area contributed by atoms with Gasteiger partial charge in [-0.2, -0.15) is 5.01 Å². The molecule has 3 amide bonds. The quantitative estimate of drug-likeness (QED) is 0.338. The van der Waals surface area contributed by atoms with E-state index in [4.69, 9.17) is 23.2 Å². The molecule has 2 fully saturated rings.